The van der Waals surface area contributed by atoms with Crippen LogP contribution in [0.5, 0.6) is 5.75 Å². The summed E-state index contributed by atoms with van der Waals surface area (Å²) in [5.74, 6) is 1.40. The fourth-order valence-corrected chi connectivity index (χ4v) is 4.64. The Labute approximate surface area is 191 Å². The second-order valence-electron chi connectivity index (χ2n) is 8.48. The van der Waals surface area contributed by atoms with Gasteiger partial charge in [0.15, 0.2) is 0 Å². The molecule has 9 heteroatoms. The molecule has 1 aromatic carbocycles. The van der Waals surface area contributed by atoms with E-state index in [-0.39, 0.29) is 17.4 Å². The number of nitrogens with one attached hydrogen (secondary N) is 1. The number of hydrogen-bond acceptors (Lipinski definition) is 7. The van der Waals surface area contributed by atoms with E-state index in [0.29, 0.717) is 37.7 Å². The van der Waals surface area contributed by atoms with E-state index in [9.17, 15) is 9.59 Å². The van der Waals surface area contributed by atoms with Crippen molar-refractivity contribution in [2.45, 2.75) is 31.8 Å². The van der Waals surface area contributed by atoms with Gasteiger partial charge in [0.2, 0.25) is 0 Å². The molecule has 1 amide bonds. The molecule has 0 aliphatic carbocycles. The second-order valence-corrected chi connectivity index (χ2v) is 8.48. The smallest absolute Gasteiger partial charge is 0.274 e. The molecule has 5 rings (SSSR count). The van der Waals surface area contributed by atoms with Gasteiger partial charge in [0, 0.05) is 63.0 Å². The minimum atomic E-state index is -0.141. The first-order valence-corrected chi connectivity index (χ1v) is 11.1. The van der Waals surface area contributed by atoms with Gasteiger partial charge >= 0.3 is 0 Å². The number of amides is 1. The molecule has 33 heavy (non-hydrogen) atoms. The summed E-state index contributed by atoms with van der Waals surface area (Å²) in [5, 5.41) is 0. The van der Waals surface area contributed by atoms with Crippen molar-refractivity contribution < 1.29 is 9.53 Å². The molecule has 0 saturated carbocycles. The van der Waals surface area contributed by atoms with Crippen molar-refractivity contribution in [1.82, 2.24) is 29.7 Å². The van der Waals surface area contributed by atoms with Crippen LogP contribution in [0, 0.1) is 0 Å². The first-order chi connectivity index (χ1) is 16.1. The normalized spacial score (nSPS) is 18.2. The zero-order chi connectivity index (χ0) is 22.8. The molecule has 1 saturated heterocycles. The SMILES string of the molecule is COc1ccccc1CN1CCc2nc([C@@H]3CCN(C(=O)c4cnccn4)C3)[nH]c(=O)c2C1. The number of H-pyrrole nitrogens is 1. The molecule has 1 N–H and O–H groups in total. The van der Waals surface area contributed by atoms with E-state index in [0.717, 1.165) is 42.0 Å². The summed E-state index contributed by atoms with van der Waals surface area (Å²) in [6.45, 7) is 3.21. The predicted octanol–water partition coefficient (Wildman–Crippen LogP) is 1.76. The summed E-state index contributed by atoms with van der Waals surface area (Å²) >= 11 is 0. The number of carbonyl (C=O) groups excluding carboxylic acids is 1. The second kappa shape index (κ2) is 9.11. The van der Waals surface area contributed by atoms with Crippen molar-refractivity contribution in [1.29, 1.82) is 0 Å². The molecule has 0 radical (unpaired) electrons. The molecule has 2 aromatic heterocycles. The van der Waals surface area contributed by atoms with Crippen molar-refractivity contribution in [2.24, 2.45) is 0 Å². The maximum atomic E-state index is 13.0. The van der Waals surface area contributed by atoms with Crippen LogP contribution in [-0.4, -0.2) is 62.4 Å². The van der Waals surface area contributed by atoms with Crippen LogP contribution in [0.4, 0.5) is 0 Å². The number of rotatable bonds is 5. The Morgan fingerprint density at radius 2 is 2.12 bits per heavy atom. The van der Waals surface area contributed by atoms with Crippen molar-refractivity contribution >= 4 is 5.91 Å². The number of aromatic amines is 1. The minimum absolute atomic E-state index is 0.00947. The maximum Gasteiger partial charge on any atom is 0.274 e. The van der Waals surface area contributed by atoms with Gasteiger partial charge in [0.1, 0.15) is 17.3 Å². The highest BCUT2D eigenvalue weighted by Crippen LogP contribution is 2.27. The van der Waals surface area contributed by atoms with E-state index >= 15 is 0 Å². The van der Waals surface area contributed by atoms with Crippen LogP contribution in [0.1, 0.15) is 45.5 Å². The van der Waals surface area contributed by atoms with Crippen LogP contribution < -0.4 is 10.3 Å². The van der Waals surface area contributed by atoms with Gasteiger partial charge in [-0.05, 0) is 12.5 Å². The molecule has 2 aliphatic heterocycles. The number of para-hydroxylation sites is 1. The molecule has 9 nitrogen and oxygen atoms in total. The first-order valence-electron chi connectivity index (χ1n) is 11.1. The molecule has 2 aliphatic rings. The van der Waals surface area contributed by atoms with E-state index in [4.69, 9.17) is 9.72 Å². The van der Waals surface area contributed by atoms with Crippen molar-refractivity contribution in [3.8, 4) is 5.75 Å². The zero-order valence-electron chi connectivity index (χ0n) is 18.5. The molecule has 4 heterocycles. The van der Waals surface area contributed by atoms with Crippen LogP contribution in [-0.2, 0) is 19.5 Å². The lowest BCUT2D eigenvalue weighted by molar-refractivity contribution is 0.0784. The topological polar surface area (TPSA) is 104 Å². The molecular formula is C24H26N6O3. The highest BCUT2D eigenvalue weighted by molar-refractivity contribution is 5.92. The van der Waals surface area contributed by atoms with Crippen molar-refractivity contribution in [3.05, 3.63) is 81.5 Å². The van der Waals surface area contributed by atoms with Crippen molar-refractivity contribution in [2.75, 3.05) is 26.7 Å². The number of ether oxygens (including phenoxy) is 1. The Morgan fingerprint density at radius 3 is 2.94 bits per heavy atom. The predicted molar refractivity (Wildman–Crippen MR) is 121 cm³/mol. The molecular weight excluding hydrogens is 420 g/mol. The Morgan fingerprint density at radius 1 is 1.24 bits per heavy atom. The Balaban J connectivity index is 1.29. The van der Waals surface area contributed by atoms with Crippen LogP contribution >= 0.6 is 0 Å². The minimum Gasteiger partial charge on any atom is -0.496 e. The summed E-state index contributed by atoms with van der Waals surface area (Å²) in [4.78, 5) is 45.5. The lowest BCUT2D eigenvalue weighted by Gasteiger charge is -2.28. The molecule has 3 aromatic rings. The molecule has 1 atom stereocenters. The number of aromatic nitrogens is 4. The molecule has 0 bridgehead atoms. The summed E-state index contributed by atoms with van der Waals surface area (Å²) in [7, 11) is 1.67. The van der Waals surface area contributed by atoms with E-state index in [2.05, 4.69) is 19.9 Å². The number of nitrogens with zero attached hydrogens (tertiary/aromatic N) is 5. The fourth-order valence-electron chi connectivity index (χ4n) is 4.64. The van der Waals surface area contributed by atoms with Crippen LogP contribution in [0.15, 0.2) is 47.7 Å². The van der Waals surface area contributed by atoms with E-state index in [1.54, 1.807) is 18.2 Å². The van der Waals surface area contributed by atoms with Gasteiger partial charge < -0.3 is 14.6 Å². The van der Waals surface area contributed by atoms with Gasteiger partial charge in [-0.1, -0.05) is 18.2 Å². The standard InChI is InChI=1S/C24H26N6O3/c1-33-21-5-3-2-4-16(21)13-29-10-7-19-18(15-29)23(31)28-22(27-19)17-6-11-30(14-17)24(32)20-12-25-8-9-26-20/h2-5,8-9,12,17H,6-7,10-11,13-15H2,1H3,(H,27,28,31)/t17-/m1/s1. The third-order valence-corrected chi connectivity index (χ3v) is 6.40. The maximum absolute atomic E-state index is 13.0. The number of hydrogen-bond donors (Lipinski definition) is 1. The van der Waals surface area contributed by atoms with Gasteiger partial charge in [0.25, 0.3) is 11.5 Å². The van der Waals surface area contributed by atoms with Crippen molar-refractivity contribution in [3.63, 3.8) is 0 Å². The van der Waals surface area contributed by atoms with Gasteiger partial charge in [-0.3, -0.25) is 19.5 Å². The number of methoxy groups -OCH3 is 1. The quantitative estimate of drug-likeness (QED) is 0.637. The monoisotopic (exact) mass is 446 g/mol. The molecule has 0 spiro atoms. The highest BCUT2D eigenvalue weighted by Gasteiger charge is 2.31. The number of fused-ring (bicyclic) bond motifs is 1. The summed E-state index contributed by atoms with van der Waals surface area (Å²) in [6, 6.07) is 7.95. The Bertz CT molecular complexity index is 1210. The number of benzene rings is 1. The van der Waals surface area contributed by atoms with Gasteiger partial charge in [-0.15, -0.1) is 0 Å². The van der Waals surface area contributed by atoms with Crippen LogP contribution in [0.25, 0.3) is 0 Å². The highest BCUT2D eigenvalue weighted by atomic mass is 16.5. The Hall–Kier alpha value is -3.59. The van der Waals surface area contributed by atoms with Crippen LogP contribution in [0.3, 0.4) is 0 Å². The van der Waals surface area contributed by atoms with Gasteiger partial charge in [0.05, 0.1) is 24.6 Å². The first kappa shape index (κ1) is 21.3. The Kier molecular flexibility index (Phi) is 5.87. The third kappa shape index (κ3) is 4.36. The molecule has 170 valence electrons. The van der Waals surface area contributed by atoms with E-state index in [1.807, 2.05) is 24.3 Å². The fraction of sp³-hybridized carbons (Fsp3) is 0.375. The molecule has 0 unspecified atom stereocenters. The average Bonchev–Trinajstić information content (AvgIpc) is 3.35. The number of carbonyl (C=O) groups is 1. The zero-order valence-corrected chi connectivity index (χ0v) is 18.5. The van der Waals surface area contributed by atoms with E-state index in [1.165, 1.54) is 12.4 Å². The lowest BCUT2D eigenvalue weighted by Crippen LogP contribution is -2.36. The van der Waals surface area contributed by atoms with E-state index < -0.39 is 0 Å². The van der Waals surface area contributed by atoms with Crippen LogP contribution in [0.2, 0.25) is 0 Å². The molecule has 1 fully saturated rings. The van der Waals surface area contributed by atoms with Gasteiger partial charge in [-0.25, -0.2) is 9.97 Å². The lowest BCUT2D eigenvalue weighted by atomic mass is 10.0. The summed E-state index contributed by atoms with van der Waals surface area (Å²) in [5.41, 5.74) is 2.94. The van der Waals surface area contributed by atoms with Gasteiger partial charge in [-0.2, -0.15) is 0 Å². The largest absolute Gasteiger partial charge is 0.496 e. The average molecular weight is 447 g/mol. The summed E-state index contributed by atoms with van der Waals surface area (Å²) < 4.78 is 5.46. The third-order valence-electron chi connectivity index (χ3n) is 6.40. The number of likely N-dealkylation sites (tertiary alicyclic amines) is 1. The summed E-state index contributed by atoms with van der Waals surface area (Å²) in [6.07, 6.45) is 6.01.